The van der Waals surface area contributed by atoms with Gasteiger partial charge in [-0.05, 0) is 45.0 Å². The van der Waals surface area contributed by atoms with Gasteiger partial charge in [0.2, 0.25) is 0 Å². The molecule has 2 aromatic heterocycles. The first-order valence-electron chi connectivity index (χ1n) is 7.02. The Balaban J connectivity index is 2.33. The van der Waals surface area contributed by atoms with Gasteiger partial charge in [0.15, 0.2) is 0 Å². The molecule has 0 aliphatic heterocycles. The Morgan fingerprint density at radius 2 is 1.83 bits per heavy atom. The van der Waals surface area contributed by atoms with Gasteiger partial charge in [0.1, 0.15) is 11.5 Å². The number of aryl methyl sites for hydroxylation is 3. The number of aromatic nitrogens is 3. The summed E-state index contributed by atoms with van der Waals surface area (Å²) in [5.74, 6) is 0.823. The fraction of sp³-hybridized carbons (Fsp3) is 0.188. The minimum atomic E-state index is 0.175. The van der Waals surface area contributed by atoms with Crippen LogP contribution >= 0.6 is 0 Å². The fourth-order valence-electron chi connectivity index (χ4n) is 2.59. The zero-order valence-corrected chi connectivity index (χ0v) is 13.0. The third-order valence-electron chi connectivity index (χ3n) is 3.66. The van der Waals surface area contributed by atoms with E-state index in [4.69, 9.17) is 9.73 Å². The molecule has 0 fully saturated rings. The highest BCUT2D eigenvalue weighted by Crippen LogP contribution is 2.33. The molecule has 0 radical (unpaired) electrons. The molecule has 3 aromatic rings. The molecule has 0 aliphatic carbocycles. The molecular weight excluding hydrogens is 296 g/mol. The van der Waals surface area contributed by atoms with E-state index in [1.54, 1.807) is 28.9 Å². The van der Waals surface area contributed by atoms with Crippen molar-refractivity contribution in [3.63, 3.8) is 0 Å². The first-order chi connectivity index (χ1) is 11.0. The van der Waals surface area contributed by atoms with Gasteiger partial charge < -0.3 is 14.8 Å². The SMILES string of the molecule is Cc1nn(-c2ccc(O)cc2)c(-c2c(C)noc2C)c1/C=N\O. The van der Waals surface area contributed by atoms with E-state index in [-0.39, 0.29) is 5.75 Å². The monoisotopic (exact) mass is 312 g/mol. The first-order valence-corrected chi connectivity index (χ1v) is 7.02. The van der Waals surface area contributed by atoms with Gasteiger partial charge in [-0.1, -0.05) is 10.3 Å². The summed E-state index contributed by atoms with van der Waals surface area (Å²) in [4.78, 5) is 0. The van der Waals surface area contributed by atoms with Crippen LogP contribution in [0.1, 0.15) is 22.7 Å². The predicted molar refractivity (Wildman–Crippen MR) is 84.3 cm³/mol. The summed E-state index contributed by atoms with van der Waals surface area (Å²) >= 11 is 0. The van der Waals surface area contributed by atoms with Crippen molar-refractivity contribution in [2.75, 3.05) is 0 Å². The molecule has 23 heavy (non-hydrogen) atoms. The van der Waals surface area contributed by atoms with Gasteiger partial charge in [-0.3, -0.25) is 0 Å². The van der Waals surface area contributed by atoms with Crippen LogP contribution in [0.2, 0.25) is 0 Å². The van der Waals surface area contributed by atoms with Crippen LogP contribution in [-0.4, -0.2) is 31.5 Å². The zero-order chi connectivity index (χ0) is 16.6. The molecule has 3 rings (SSSR count). The Kier molecular flexibility index (Phi) is 3.61. The van der Waals surface area contributed by atoms with Crippen molar-refractivity contribution in [1.82, 2.24) is 14.9 Å². The third-order valence-corrected chi connectivity index (χ3v) is 3.66. The quantitative estimate of drug-likeness (QED) is 0.440. The highest BCUT2D eigenvalue weighted by molar-refractivity contribution is 5.91. The lowest BCUT2D eigenvalue weighted by molar-refractivity contribution is 0.322. The number of nitrogens with zero attached hydrogens (tertiary/aromatic N) is 4. The van der Waals surface area contributed by atoms with Gasteiger partial charge in [0.05, 0.1) is 34.5 Å². The predicted octanol–water partition coefficient (Wildman–Crippen LogP) is 2.97. The fourth-order valence-corrected chi connectivity index (χ4v) is 2.59. The average molecular weight is 312 g/mol. The summed E-state index contributed by atoms with van der Waals surface area (Å²) in [7, 11) is 0. The van der Waals surface area contributed by atoms with Crippen molar-refractivity contribution >= 4 is 6.21 Å². The van der Waals surface area contributed by atoms with Gasteiger partial charge in [0.25, 0.3) is 0 Å². The van der Waals surface area contributed by atoms with Crippen molar-refractivity contribution in [2.24, 2.45) is 5.16 Å². The van der Waals surface area contributed by atoms with E-state index in [2.05, 4.69) is 15.4 Å². The van der Waals surface area contributed by atoms with Crippen LogP contribution < -0.4 is 0 Å². The van der Waals surface area contributed by atoms with Crippen LogP contribution in [-0.2, 0) is 0 Å². The summed E-state index contributed by atoms with van der Waals surface area (Å²) in [6, 6.07) is 6.68. The molecule has 0 saturated heterocycles. The molecule has 2 heterocycles. The van der Waals surface area contributed by atoms with Gasteiger partial charge in [-0.2, -0.15) is 5.10 Å². The molecule has 7 heteroatoms. The minimum Gasteiger partial charge on any atom is -0.508 e. The Hall–Kier alpha value is -3.09. The summed E-state index contributed by atoms with van der Waals surface area (Å²) in [5.41, 5.74) is 4.38. The van der Waals surface area contributed by atoms with Gasteiger partial charge in [-0.15, -0.1) is 0 Å². The van der Waals surface area contributed by atoms with Crippen molar-refractivity contribution in [3.8, 4) is 22.7 Å². The van der Waals surface area contributed by atoms with E-state index >= 15 is 0 Å². The topological polar surface area (TPSA) is 96.7 Å². The van der Waals surface area contributed by atoms with Crippen LogP contribution in [0.3, 0.4) is 0 Å². The summed E-state index contributed by atoms with van der Waals surface area (Å²) in [6.07, 6.45) is 1.35. The lowest BCUT2D eigenvalue weighted by atomic mass is 10.0. The maximum Gasteiger partial charge on any atom is 0.143 e. The molecule has 0 atom stereocenters. The van der Waals surface area contributed by atoms with Crippen molar-refractivity contribution in [2.45, 2.75) is 20.8 Å². The smallest absolute Gasteiger partial charge is 0.143 e. The first kappa shape index (κ1) is 14.8. The van der Waals surface area contributed by atoms with Crippen molar-refractivity contribution < 1.29 is 14.8 Å². The number of phenolic OH excluding ortho intramolecular Hbond substituents is 1. The highest BCUT2D eigenvalue weighted by Gasteiger charge is 2.23. The zero-order valence-electron chi connectivity index (χ0n) is 13.0. The van der Waals surface area contributed by atoms with E-state index in [1.807, 2.05) is 20.8 Å². The van der Waals surface area contributed by atoms with Crippen LogP contribution in [0.4, 0.5) is 0 Å². The molecule has 0 amide bonds. The Labute approximate surface area is 132 Å². The van der Waals surface area contributed by atoms with Gasteiger partial charge in [-0.25, -0.2) is 4.68 Å². The van der Waals surface area contributed by atoms with E-state index < -0.39 is 0 Å². The molecule has 118 valence electrons. The number of hydrogen-bond donors (Lipinski definition) is 2. The minimum absolute atomic E-state index is 0.175. The number of rotatable bonds is 3. The second-order valence-electron chi connectivity index (χ2n) is 5.22. The van der Waals surface area contributed by atoms with Crippen LogP contribution in [0.25, 0.3) is 16.9 Å². The highest BCUT2D eigenvalue weighted by atomic mass is 16.5. The van der Waals surface area contributed by atoms with Gasteiger partial charge in [0, 0.05) is 5.56 Å². The van der Waals surface area contributed by atoms with Crippen molar-refractivity contribution in [3.05, 3.63) is 47.0 Å². The number of phenols is 1. The molecule has 1 aromatic carbocycles. The largest absolute Gasteiger partial charge is 0.508 e. The van der Waals surface area contributed by atoms with Crippen molar-refractivity contribution in [1.29, 1.82) is 0 Å². The summed E-state index contributed by atoms with van der Waals surface area (Å²) < 4.78 is 6.98. The molecular formula is C16H16N4O3. The number of benzene rings is 1. The number of aromatic hydroxyl groups is 1. The summed E-state index contributed by atoms with van der Waals surface area (Å²) in [5, 5.41) is 30.1. The molecule has 0 spiro atoms. The Morgan fingerprint density at radius 1 is 1.13 bits per heavy atom. The number of oxime groups is 1. The van der Waals surface area contributed by atoms with E-state index in [0.717, 1.165) is 22.6 Å². The average Bonchev–Trinajstić information content (AvgIpc) is 3.01. The Bertz CT molecular complexity index is 856. The third kappa shape index (κ3) is 2.46. The van der Waals surface area contributed by atoms with E-state index in [1.165, 1.54) is 6.21 Å². The lowest BCUT2D eigenvalue weighted by Gasteiger charge is -2.08. The molecule has 0 unspecified atom stereocenters. The molecule has 7 nitrogen and oxygen atoms in total. The number of hydrogen-bond acceptors (Lipinski definition) is 6. The van der Waals surface area contributed by atoms with Crippen LogP contribution in [0.15, 0.2) is 33.9 Å². The summed E-state index contributed by atoms with van der Waals surface area (Å²) in [6.45, 7) is 5.49. The molecule has 0 bridgehead atoms. The lowest BCUT2D eigenvalue weighted by Crippen LogP contribution is -2.01. The van der Waals surface area contributed by atoms with E-state index in [0.29, 0.717) is 17.0 Å². The standard InChI is InChI=1S/C16H16N4O3/c1-9-14(8-17-22)16(15-10(2)19-23-11(15)3)20(18-9)12-4-6-13(21)7-5-12/h4-8,21-22H,1-3H3/b17-8-. The molecule has 0 saturated carbocycles. The molecule has 0 aliphatic rings. The van der Waals surface area contributed by atoms with Gasteiger partial charge >= 0.3 is 0 Å². The maximum absolute atomic E-state index is 9.48. The second kappa shape index (κ2) is 5.60. The van der Waals surface area contributed by atoms with E-state index in [9.17, 15) is 5.11 Å². The Morgan fingerprint density at radius 3 is 2.39 bits per heavy atom. The van der Waals surface area contributed by atoms with Crippen LogP contribution in [0, 0.1) is 20.8 Å². The normalized spacial score (nSPS) is 11.4. The molecule has 2 N–H and O–H groups in total. The maximum atomic E-state index is 9.48. The second-order valence-corrected chi connectivity index (χ2v) is 5.22. The van der Waals surface area contributed by atoms with Crippen LogP contribution in [0.5, 0.6) is 5.75 Å².